The zero-order valence-electron chi connectivity index (χ0n) is 15.3. The molecule has 1 aromatic heterocycles. The summed E-state index contributed by atoms with van der Waals surface area (Å²) in [6.07, 6.45) is 3.65. The molecule has 0 saturated carbocycles. The average Bonchev–Trinajstić information content (AvgIpc) is 3.22. The van der Waals surface area contributed by atoms with Crippen molar-refractivity contribution in [3.8, 4) is 11.4 Å². The number of anilines is 1. The summed E-state index contributed by atoms with van der Waals surface area (Å²) in [5.41, 5.74) is 1.07. The number of hydrogen-bond acceptors (Lipinski definition) is 4. The van der Waals surface area contributed by atoms with E-state index in [1.54, 1.807) is 35.8 Å². The fraction of sp³-hybridized carbons (Fsp3) is 0.150. The number of hydrogen-bond donors (Lipinski definition) is 1. The van der Waals surface area contributed by atoms with E-state index in [9.17, 15) is 13.2 Å². The fourth-order valence-electron chi connectivity index (χ4n) is 2.77. The molecule has 3 aromatic rings. The number of rotatable bonds is 6. The van der Waals surface area contributed by atoms with Crippen LogP contribution in [0.3, 0.4) is 0 Å². The molecule has 0 bridgehead atoms. The predicted octanol–water partition coefficient (Wildman–Crippen LogP) is 4.19. The van der Waals surface area contributed by atoms with Gasteiger partial charge in [0.05, 0.1) is 39.7 Å². The van der Waals surface area contributed by atoms with Crippen molar-refractivity contribution >= 4 is 33.0 Å². The van der Waals surface area contributed by atoms with Crippen molar-refractivity contribution in [2.45, 2.75) is 11.8 Å². The van der Waals surface area contributed by atoms with Gasteiger partial charge in [0.25, 0.3) is 5.91 Å². The van der Waals surface area contributed by atoms with Crippen molar-refractivity contribution < 1.29 is 17.9 Å². The molecule has 0 saturated heterocycles. The first kappa shape index (κ1) is 20.0. The van der Waals surface area contributed by atoms with Crippen molar-refractivity contribution in [1.29, 1.82) is 0 Å². The normalized spacial score (nSPS) is 11.2. The highest BCUT2D eigenvalue weighted by Gasteiger charge is 2.21. The topological polar surface area (TPSA) is 77.4 Å². The Morgan fingerprint density at radius 3 is 2.46 bits per heavy atom. The van der Waals surface area contributed by atoms with Gasteiger partial charge in [0, 0.05) is 18.5 Å². The lowest BCUT2D eigenvalue weighted by Crippen LogP contribution is -2.16. The number of nitrogens with one attached hydrogen (secondary N) is 1. The first-order valence-electron chi connectivity index (χ1n) is 8.51. The van der Waals surface area contributed by atoms with E-state index in [-0.39, 0.29) is 21.9 Å². The Kier molecular flexibility index (Phi) is 5.76. The number of halogens is 1. The summed E-state index contributed by atoms with van der Waals surface area (Å²) < 4.78 is 31.8. The molecule has 6 nitrogen and oxygen atoms in total. The van der Waals surface area contributed by atoms with Gasteiger partial charge in [0.2, 0.25) is 0 Å². The number of carbonyl (C=O) groups is 1. The molecule has 0 aliphatic heterocycles. The smallest absolute Gasteiger partial charge is 0.259 e. The molecular weight excluding hydrogens is 400 g/mol. The number of para-hydroxylation sites is 1. The van der Waals surface area contributed by atoms with Crippen molar-refractivity contribution in [2.75, 3.05) is 18.2 Å². The summed E-state index contributed by atoms with van der Waals surface area (Å²) >= 11 is 6.37. The minimum absolute atomic E-state index is 0.0688. The molecule has 0 spiro atoms. The molecule has 1 amide bonds. The van der Waals surface area contributed by atoms with Crippen LogP contribution >= 0.6 is 11.6 Å². The van der Waals surface area contributed by atoms with Crippen LogP contribution in [0.25, 0.3) is 5.69 Å². The second-order valence-corrected chi connectivity index (χ2v) is 8.60. The van der Waals surface area contributed by atoms with Crippen LogP contribution in [0.2, 0.25) is 5.02 Å². The van der Waals surface area contributed by atoms with Crippen molar-refractivity contribution in [3.63, 3.8) is 0 Å². The third kappa shape index (κ3) is 3.90. The molecule has 8 heteroatoms. The Hall–Kier alpha value is -2.77. The highest BCUT2D eigenvalue weighted by atomic mass is 35.5. The molecule has 0 unspecified atom stereocenters. The third-order valence-electron chi connectivity index (χ3n) is 4.25. The number of carbonyl (C=O) groups excluding carboxylic acids is 1. The van der Waals surface area contributed by atoms with E-state index < -0.39 is 15.7 Å². The molecule has 0 atom stereocenters. The Labute approximate surface area is 168 Å². The Bertz CT molecular complexity index is 1110. The van der Waals surface area contributed by atoms with Gasteiger partial charge < -0.3 is 14.6 Å². The van der Waals surface area contributed by atoms with Gasteiger partial charge in [-0.3, -0.25) is 4.79 Å². The van der Waals surface area contributed by atoms with Gasteiger partial charge in [-0.2, -0.15) is 0 Å². The predicted molar refractivity (Wildman–Crippen MR) is 109 cm³/mol. The van der Waals surface area contributed by atoms with Crippen LogP contribution in [0.4, 0.5) is 5.69 Å². The van der Waals surface area contributed by atoms with Crippen LogP contribution in [0, 0.1) is 0 Å². The summed E-state index contributed by atoms with van der Waals surface area (Å²) in [5.74, 6) is -0.265. The van der Waals surface area contributed by atoms with Gasteiger partial charge >= 0.3 is 0 Å². The lowest BCUT2D eigenvalue weighted by molar-refractivity contribution is 0.102. The van der Waals surface area contributed by atoms with E-state index in [1.807, 2.05) is 24.5 Å². The molecular formula is C20H19ClN2O4S. The largest absolute Gasteiger partial charge is 0.496 e. The van der Waals surface area contributed by atoms with E-state index in [0.717, 1.165) is 0 Å². The maximum Gasteiger partial charge on any atom is 0.259 e. The maximum atomic E-state index is 12.9. The minimum Gasteiger partial charge on any atom is -0.496 e. The van der Waals surface area contributed by atoms with Crippen LogP contribution in [0.1, 0.15) is 17.3 Å². The number of nitrogens with zero attached hydrogens (tertiary/aromatic N) is 1. The molecule has 0 aliphatic carbocycles. The zero-order chi connectivity index (χ0) is 20.3. The molecule has 0 radical (unpaired) electrons. The second-order valence-electron chi connectivity index (χ2n) is 5.95. The van der Waals surface area contributed by atoms with Crippen LogP contribution in [0.15, 0.2) is 65.8 Å². The quantitative estimate of drug-likeness (QED) is 0.651. The molecule has 0 aliphatic rings. The zero-order valence-corrected chi connectivity index (χ0v) is 16.9. The van der Waals surface area contributed by atoms with Gasteiger partial charge in [-0.1, -0.05) is 30.7 Å². The number of aromatic nitrogens is 1. The fourth-order valence-corrected chi connectivity index (χ4v) is 4.08. The molecule has 3 rings (SSSR count). The molecule has 0 fully saturated rings. The minimum atomic E-state index is -3.49. The number of benzene rings is 2. The lowest BCUT2D eigenvalue weighted by atomic mass is 10.1. The van der Waals surface area contributed by atoms with Crippen LogP contribution in [-0.4, -0.2) is 31.8 Å². The van der Waals surface area contributed by atoms with Crippen LogP contribution < -0.4 is 10.1 Å². The van der Waals surface area contributed by atoms with Gasteiger partial charge in [-0.25, -0.2) is 8.42 Å². The number of amides is 1. The number of methoxy groups -OCH3 is 1. The Morgan fingerprint density at radius 2 is 1.82 bits per heavy atom. The van der Waals surface area contributed by atoms with E-state index in [1.165, 1.54) is 19.2 Å². The first-order chi connectivity index (χ1) is 13.4. The van der Waals surface area contributed by atoms with Crippen molar-refractivity contribution in [3.05, 3.63) is 71.5 Å². The summed E-state index contributed by atoms with van der Waals surface area (Å²) in [6, 6.07) is 13.2. The third-order valence-corrected chi connectivity index (χ3v) is 6.34. The lowest BCUT2D eigenvalue weighted by Gasteiger charge is -2.15. The van der Waals surface area contributed by atoms with E-state index >= 15 is 0 Å². The summed E-state index contributed by atoms with van der Waals surface area (Å²) in [4.78, 5) is 12.9. The highest BCUT2D eigenvalue weighted by molar-refractivity contribution is 7.91. The number of ether oxygens (including phenoxy) is 1. The van der Waals surface area contributed by atoms with Crippen LogP contribution in [-0.2, 0) is 9.84 Å². The van der Waals surface area contributed by atoms with Crippen molar-refractivity contribution in [1.82, 2.24) is 4.57 Å². The van der Waals surface area contributed by atoms with Gasteiger partial charge in [0.15, 0.2) is 9.84 Å². The van der Waals surface area contributed by atoms with Crippen LogP contribution in [0.5, 0.6) is 5.75 Å². The Balaban J connectivity index is 2.00. The maximum absolute atomic E-state index is 12.9. The summed E-state index contributed by atoms with van der Waals surface area (Å²) in [6.45, 7) is 1.55. The summed E-state index contributed by atoms with van der Waals surface area (Å²) in [7, 11) is -2.04. The first-order valence-corrected chi connectivity index (χ1v) is 10.5. The van der Waals surface area contributed by atoms with Gasteiger partial charge in [0.1, 0.15) is 5.75 Å². The van der Waals surface area contributed by atoms with Gasteiger partial charge in [-0.15, -0.1) is 0 Å². The molecule has 2 aromatic carbocycles. The molecule has 146 valence electrons. The molecule has 28 heavy (non-hydrogen) atoms. The van der Waals surface area contributed by atoms with E-state index in [0.29, 0.717) is 16.5 Å². The highest BCUT2D eigenvalue weighted by Crippen LogP contribution is 2.31. The van der Waals surface area contributed by atoms with Gasteiger partial charge in [-0.05, 0) is 30.3 Å². The Morgan fingerprint density at radius 1 is 1.14 bits per heavy atom. The van der Waals surface area contributed by atoms with E-state index in [2.05, 4.69) is 5.32 Å². The molecule has 1 heterocycles. The molecule has 1 N–H and O–H groups in total. The standard InChI is InChI=1S/C20H19ClN2O4S/c1-3-28(25,26)19-9-5-4-8-16(19)22-20(24)14-12-15(21)17(13-18(14)27-2)23-10-6-7-11-23/h4-13H,3H2,1-2H3,(H,22,24). The average molecular weight is 419 g/mol. The second kappa shape index (κ2) is 8.08. The number of sulfone groups is 1. The SMILES string of the molecule is CCS(=O)(=O)c1ccccc1NC(=O)c1cc(Cl)c(-n2cccc2)cc1OC. The van der Waals surface area contributed by atoms with Crippen molar-refractivity contribution in [2.24, 2.45) is 0 Å². The summed E-state index contributed by atoms with van der Waals surface area (Å²) in [5, 5.41) is 3.02. The van der Waals surface area contributed by atoms with E-state index in [4.69, 9.17) is 16.3 Å². The monoisotopic (exact) mass is 418 g/mol.